The normalized spacial score (nSPS) is 11.2. The number of benzene rings is 2. The molecule has 0 fully saturated rings. The number of carbonyl (C=O) groups is 1. The molecule has 1 unspecified atom stereocenters. The summed E-state index contributed by atoms with van der Waals surface area (Å²) in [7, 11) is 5.24. The van der Waals surface area contributed by atoms with Crippen molar-refractivity contribution in [3.63, 3.8) is 0 Å². The van der Waals surface area contributed by atoms with Gasteiger partial charge in [-0.25, -0.2) is 4.79 Å². The van der Waals surface area contributed by atoms with Crippen molar-refractivity contribution in [2.24, 2.45) is 0 Å². The van der Waals surface area contributed by atoms with Gasteiger partial charge >= 0.3 is 6.09 Å². The zero-order valence-electron chi connectivity index (χ0n) is 15.7. The van der Waals surface area contributed by atoms with Gasteiger partial charge in [0.05, 0.1) is 6.61 Å². The first-order valence-corrected chi connectivity index (χ1v) is 8.35. The lowest BCUT2D eigenvalue weighted by Gasteiger charge is -2.18. The smallest absolute Gasteiger partial charge is 0.414 e. The van der Waals surface area contributed by atoms with Gasteiger partial charge < -0.3 is 19.7 Å². The van der Waals surface area contributed by atoms with Crippen molar-refractivity contribution in [1.82, 2.24) is 10.2 Å². The van der Waals surface area contributed by atoms with E-state index >= 15 is 0 Å². The molecule has 2 aromatic rings. The van der Waals surface area contributed by atoms with Gasteiger partial charge in [-0.1, -0.05) is 24.3 Å². The van der Waals surface area contributed by atoms with Crippen LogP contribution in [0.15, 0.2) is 48.5 Å². The fourth-order valence-electron chi connectivity index (χ4n) is 2.44. The van der Waals surface area contributed by atoms with Gasteiger partial charge in [0, 0.05) is 26.6 Å². The first-order valence-electron chi connectivity index (χ1n) is 8.35. The fraction of sp³-hybridized carbons (Fsp3) is 0.350. The maximum atomic E-state index is 11.6. The van der Waals surface area contributed by atoms with Gasteiger partial charge in [-0.3, -0.25) is 0 Å². The van der Waals surface area contributed by atoms with Crippen molar-refractivity contribution in [3.05, 3.63) is 59.7 Å². The molecule has 0 spiro atoms. The number of nitrogens with zero attached hydrogens (tertiary/aromatic N) is 1. The van der Waals surface area contributed by atoms with Crippen LogP contribution in [0.5, 0.6) is 11.5 Å². The average molecular weight is 379 g/mol. The van der Waals surface area contributed by atoms with Crippen molar-refractivity contribution >= 4 is 18.5 Å². The maximum absolute atomic E-state index is 11.6. The van der Waals surface area contributed by atoms with Crippen molar-refractivity contribution in [2.45, 2.75) is 19.4 Å². The van der Waals surface area contributed by atoms with Crippen LogP contribution >= 0.6 is 12.4 Å². The van der Waals surface area contributed by atoms with Gasteiger partial charge in [0.25, 0.3) is 0 Å². The minimum atomic E-state index is -0.385. The summed E-state index contributed by atoms with van der Waals surface area (Å²) >= 11 is 0. The van der Waals surface area contributed by atoms with Crippen LogP contribution in [-0.2, 0) is 0 Å². The molecule has 1 N–H and O–H groups in total. The highest BCUT2D eigenvalue weighted by molar-refractivity contribution is 5.85. The second kappa shape index (κ2) is 10.7. The summed E-state index contributed by atoms with van der Waals surface area (Å²) < 4.78 is 11.1. The van der Waals surface area contributed by atoms with Crippen LogP contribution in [0.4, 0.5) is 4.79 Å². The van der Waals surface area contributed by atoms with Gasteiger partial charge in [0.15, 0.2) is 0 Å². The number of amides is 1. The van der Waals surface area contributed by atoms with Crippen LogP contribution in [0.1, 0.15) is 23.6 Å². The van der Waals surface area contributed by atoms with E-state index in [0.29, 0.717) is 12.4 Å². The molecule has 0 aromatic heterocycles. The zero-order chi connectivity index (χ0) is 18.2. The van der Waals surface area contributed by atoms with Crippen molar-refractivity contribution in [1.29, 1.82) is 0 Å². The van der Waals surface area contributed by atoms with Crippen molar-refractivity contribution < 1.29 is 14.3 Å². The third kappa shape index (κ3) is 6.58. The summed E-state index contributed by atoms with van der Waals surface area (Å²) in [6.07, 6.45) is 0.450. The standard InChI is InChI=1S/C20H26N2O3.ClH/c1-15-6-5-7-18(14-15)24-13-12-19(21-2)16-8-10-17(11-9-16)25-20(23)22(3)4;/h5-11,14,19,21H,12-13H2,1-4H3;1H. The lowest BCUT2D eigenvalue weighted by atomic mass is 10.0. The van der Waals surface area contributed by atoms with Crippen molar-refractivity contribution in [3.8, 4) is 11.5 Å². The Morgan fingerprint density at radius 1 is 1.12 bits per heavy atom. The molecule has 2 aromatic carbocycles. The van der Waals surface area contributed by atoms with E-state index in [1.807, 2.05) is 62.5 Å². The van der Waals surface area contributed by atoms with Crippen LogP contribution in [0.25, 0.3) is 0 Å². The Morgan fingerprint density at radius 2 is 1.81 bits per heavy atom. The van der Waals surface area contributed by atoms with Gasteiger partial charge in [-0.05, 0) is 49.4 Å². The molecule has 0 saturated carbocycles. The Morgan fingerprint density at radius 3 is 2.38 bits per heavy atom. The molecule has 0 saturated heterocycles. The molecule has 0 heterocycles. The van der Waals surface area contributed by atoms with Crippen LogP contribution in [-0.4, -0.2) is 38.7 Å². The molecule has 0 aliphatic rings. The number of nitrogens with one attached hydrogen (secondary N) is 1. The summed E-state index contributed by atoms with van der Waals surface area (Å²) in [5, 5.41) is 3.30. The Bertz CT molecular complexity index is 690. The first kappa shape index (κ1) is 21.8. The predicted molar refractivity (Wildman–Crippen MR) is 106 cm³/mol. The molecular formula is C20H27ClN2O3. The van der Waals surface area contributed by atoms with E-state index in [9.17, 15) is 4.79 Å². The van der Waals surface area contributed by atoms with Crippen LogP contribution in [0, 0.1) is 6.92 Å². The Balaban J connectivity index is 0.00000338. The second-order valence-corrected chi connectivity index (χ2v) is 6.13. The SMILES string of the molecule is CNC(CCOc1cccc(C)c1)c1ccc(OC(=O)N(C)C)cc1.Cl. The largest absolute Gasteiger partial charge is 0.494 e. The average Bonchev–Trinajstić information content (AvgIpc) is 2.59. The third-order valence-corrected chi connectivity index (χ3v) is 3.87. The molecular weight excluding hydrogens is 352 g/mol. The summed E-state index contributed by atoms with van der Waals surface area (Å²) in [4.78, 5) is 13.0. The van der Waals surface area contributed by atoms with E-state index in [4.69, 9.17) is 9.47 Å². The number of hydrogen-bond acceptors (Lipinski definition) is 4. The van der Waals surface area contributed by atoms with Crippen molar-refractivity contribution in [2.75, 3.05) is 27.7 Å². The van der Waals surface area contributed by atoms with E-state index in [2.05, 4.69) is 5.32 Å². The van der Waals surface area contributed by atoms with E-state index in [1.54, 1.807) is 14.1 Å². The summed E-state index contributed by atoms with van der Waals surface area (Å²) in [5.74, 6) is 1.43. The molecule has 6 heteroatoms. The maximum Gasteiger partial charge on any atom is 0.414 e. The minimum absolute atomic E-state index is 0. The summed E-state index contributed by atoms with van der Waals surface area (Å²) in [5.41, 5.74) is 2.31. The number of hydrogen-bond donors (Lipinski definition) is 1. The Hall–Kier alpha value is -2.24. The minimum Gasteiger partial charge on any atom is -0.494 e. The Labute approximate surface area is 161 Å². The van der Waals surface area contributed by atoms with E-state index < -0.39 is 0 Å². The third-order valence-electron chi connectivity index (χ3n) is 3.87. The molecule has 26 heavy (non-hydrogen) atoms. The molecule has 1 atom stereocenters. The zero-order valence-corrected chi connectivity index (χ0v) is 16.5. The van der Waals surface area contributed by atoms with Gasteiger partial charge in [0.2, 0.25) is 0 Å². The molecule has 1 amide bonds. The molecule has 0 aliphatic heterocycles. The number of carbonyl (C=O) groups excluding carboxylic acids is 1. The number of aryl methyl sites for hydroxylation is 1. The lowest BCUT2D eigenvalue weighted by molar-refractivity contribution is 0.172. The molecule has 0 radical (unpaired) electrons. The van der Waals surface area contributed by atoms with Gasteiger partial charge in [-0.15, -0.1) is 12.4 Å². The number of ether oxygens (including phenoxy) is 2. The second-order valence-electron chi connectivity index (χ2n) is 6.13. The highest BCUT2D eigenvalue weighted by Crippen LogP contribution is 2.21. The highest BCUT2D eigenvalue weighted by atomic mass is 35.5. The number of rotatable bonds is 7. The summed E-state index contributed by atoms with van der Waals surface area (Å²) in [6, 6.07) is 15.8. The highest BCUT2D eigenvalue weighted by Gasteiger charge is 2.11. The number of halogens is 1. The van der Waals surface area contributed by atoms with Crippen LogP contribution in [0.2, 0.25) is 0 Å². The van der Waals surface area contributed by atoms with Gasteiger partial charge in [-0.2, -0.15) is 0 Å². The first-order chi connectivity index (χ1) is 12.0. The topological polar surface area (TPSA) is 50.8 Å². The van der Waals surface area contributed by atoms with E-state index in [0.717, 1.165) is 17.7 Å². The molecule has 142 valence electrons. The predicted octanol–water partition coefficient (Wildman–Crippen LogP) is 4.21. The quantitative estimate of drug-likeness (QED) is 0.784. The molecule has 5 nitrogen and oxygen atoms in total. The molecule has 0 bridgehead atoms. The van der Waals surface area contributed by atoms with E-state index in [-0.39, 0.29) is 24.5 Å². The van der Waals surface area contributed by atoms with Gasteiger partial charge in [0.1, 0.15) is 11.5 Å². The molecule has 0 aliphatic carbocycles. The van der Waals surface area contributed by atoms with E-state index in [1.165, 1.54) is 10.5 Å². The Kier molecular flexibility index (Phi) is 8.96. The monoisotopic (exact) mass is 378 g/mol. The van der Waals surface area contributed by atoms with Crippen LogP contribution in [0.3, 0.4) is 0 Å². The van der Waals surface area contributed by atoms with Crippen LogP contribution < -0.4 is 14.8 Å². The molecule has 2 rings (SSSR count). The summed E-state index contributed by atoms with van der Waals surface area (Å²) in [6.45, 7) is 2.67. The lowest BCUT2D eigenvalue weighted by Crippen LogP contribution is -2.25. The fourth-order valence-corrected chi connectivity index (χ4v) is 2.44.